The number of para-hydroxylation sites is 1. The highest BCUT2D eigenvalue weighted by molar-refractivity contribution is 5.97. The van der Waals surface area contributed by atoms with Crippen LogP contribution in [0.2, 0.25) is 0 Å². The Hall–Kier alpha value is -2.89. The third-order valence-electron chi connectivity index (χ3n) is 4.92. The van der Waals surface area contributed by atoms with E-state index in [0.717, 1.165) is 36.0 Å². The lowest BCUT2D eigenvalue weighted by Gasteiger charge is -2.31. The van der Waals surface area contributed by atoms with Crippen molar-refractivity contribution in [1.82, 2.24) is 19.9 Å². The van der Waals surface area contributed by atoms with Gasteiger partial charge in [0.15, 0.2) is 0 Å². The molecule has 0 unspecified atom stereocenters. The zero-order chi connectivity index (χ0) is 17.2. The zero-order valence-electron chi connectivity index (χ0n) is 13.9. The summed E-state index contributed by atoms with van der Waals surface area (Å²) in [7, 11) is 0. The third kappa shape index (κ3) is 3.20. The number of fused-ring (bicyclic) bond motifs is 1. The molecule has 1 saturated heterocycles. The van der Waals surface area contributed by atoms with E-state index in [-0.39, 0.29) is 17.0 Å². The van der Waals surface area contributed by atoms with Crippen LogP contribution in [0.1, 0.15) is 29.0 Å². The number of carbonyl (C=O) groups is 1. The Morgan fingerprint density at radius 2 is 2.04 bits per heavy atom. The standard InChI is InChI=1S/C19H20N4O2/c24-18-15(12-14-3-1-2-4-16(14)22-18)19(25)23-9-5-13(6-10-23)11-17-20-7-8-21-17/h1-4,7-8,12-13H,5-6,9-11H2,(H,20,21)(H,22,24). The van der Waals surface area contributed by atoms with Crippen LogP contribution >= 0.6 is 0 Å². The van der Waals surface area contributed by atoms with E-state index in [1.807, 2.05) is 30.5 Å². The summed E-state index contributed by atoms with van der Waals surface area (Å²) < 4.78 is 0. The second-order valence-corrected chi connectivity index (χ2v) is 6.57. The summed E-state index contributed by atoms with van der Waals surface area (Å²) in [6.07, 6.45) is 6.36. The van der Waals surface area contributed by atoms with E-state index in [4.69, 9.17) is 0 Å². The van der Waals surface area contributed by atoms with Crippen LogP contribution in [-0.4, -0.2) is 38.8 Å². The van der Waals surface area contributed by atoms with Crippen LogP contribution < -0.4 is 5.56 Å². The third-order valence-corrected chi connectivity index (χ3v) is 4.92. The Kier molecular flexibility index (Phi) is 4.09. The van der Waals surface area contributed by atoms with Crippen LogP contribution in [0.5, 0.6) is 0 Å². The number of hydrogen-bond acceptors (Lipinski definition) is 3. The summed E-state index contributed by atoms with van der Waals surface area (Å²) in [4.78, 5) is 37.0. The Morgan fingerprint density at radius 1 is 1.24 bits per heavy atom. The maximum absolute atomic E-state index is 12.8. The molecule has 6 heteroatoms. The molecule has 0 saturated carbocycles. The number of aromatic nitrogens is 3. The van der Waals surface area contributed by atoms with Gasteiger partial charge >= 0.3 is 0 Å². The average molecular weight is 336 g/mol. The van der Waals surface area contributed by atoms with Gasteiger partial charge < -0.3 is 14.9 Å². The first kappa shape index (κ1) is 15.6. The molecule has 25 heavy (non-hydrogen) atoms. The maximum atomic E-state index is 12.8. The summed E-state index contributed by atoms with van der Waals surface area (Å²) >= 11 is 0. The molecule has 4 rings (SSSR count). The van der Waals surface area contributed by atoms with Gasteiger partial charge in [-0.25, -0.2) is 4.98 Å². The fourth-order valence-corrected chi connectivity index (χ4v) is 3.50. The molecule has 3 heterocycles. The van der Waals surface area contributed by atoms with Gasteiger partial charge in [-0.15, -0.1) is 0 Å². The van der Waals surface area contributed by atoms with Gasteiger partial charge in [-0.2, -0.15) is 0 Å². The highest BCUT2D eigenvalue weighted by Gasteiger charge is 2.25. The van der Waals surface area contributed by atoms with Gasteiger partial charge in [-0.3, -0.25) is 9.59 Å². The summed E-state index contributed by atoms with van der Waals surface area (Å²) in [5, 5.41) is 0.873. The number of rotatable bonds is 3. The van der Waals surface area contributed by atoms with Crippen molar-refractivity contribution in [3.63, 3.8) is 0 Å². The quantitative estimate of drug-likeness (QED) is 0.770. The summed E-state index contributed by atoms with van der Waals surface area (Å²) in [6, 6.07) is 9.20. The minimum Gasteiger partial charge on any atom is -0.349 e. The number of likely N-dealkylation sites (tertiary alicyclic amines) is 1. The maximum Gasteiger partial charge on any atom is 0.261 e. The minimum atomic E-state index is -0.318. The number of hydrogen-bond donors (Lipinski definition) is 2. The molecule has 3 aromatic rings. The molecule has 2 N–H and O–H groups in total. The van der Waals surface area contributed by atoms with E-state index in [0.29, 0.717) is 19.0 Å². The molecule has 0 atom stereocenters. The lowest BCUT2D eigenvalue weighted by Crippen LogP contribution is -2.41. The summed E-state index contributed by atoms with van der Waals surface area (Å²) in [5.41, 5.74) is 0.658. The first-order valence-electron chi connectivity index (χ1n) is 8.60. The van der Waals surface area contributed by atoms with Crippen molar-refractivity contribution >= 4 is 16.8 Å². The lowest BCUT2D eigenvalue weighted by molar-refractivity contribution is 0.0688. The number of piperidine rings is 1. The van der Waals surface area contributed by atoms with Crippen LogP contribution in [0.15, 0.2) is 47.5 Å². The second-order valence-electron chi connectivity index (χ2n) is 6.57. The molecule has 1 aliphatic heterocycles. The van der Waals surface area contributed by atoms with Crippen molar-refractivity contribution in [2.24, 2.45) is 5.92 Å². The normalized spacial score (nSPS) is 15.6. The van der Waals surface area contributed by atoms with Crippen LogP contribution in [0.3, 0.4) is 0 Å². The van der Waals surface area contributed by atoms with Crippen LogP contribution in [0, 0.1) is 5.92 Å². The number of imidazole rings is 1. The molecule has 1 fully saturated rings. The van der Waals surface area contributed by atoms with Gasteiger partial charge in [0.2, 0.25) is 0 Å². The van der Waals surface area contributed by atoms with Gasteiger partial charge in [0.05, 0.1) is 0 Å². The molecule has 2 aromatic heterocycles. The fourth-order valence-electron chi connectivity index (χ4n) is 3.50. The van der Waals surface area contributed by atoms with Crippen LogP contribution in [0.25, 0.3) is 10.9 Å². The highest BCUT2D eigenvalue weighted by atomic mass is 16.2. The number of amides is 1. The zero-order valence-corrected chi connectivity index (χ0v) is 13.9. The van der Waals surface area contributed by atoms with Crippen molar-refractivity contribution in [3.8, 4) is 0 Å². The highest BCUT2D eigenvalue weighted by Crippen LogP contribution is 2.21. The van der Waals surface area contributed by atoms with Gasteiger partial charge in [0, 0.05) is 37.4 Å². The van der Waals surface area contributed by atoms with Crippen molar-refractivity contribution < 1.29 is 4.79 Å². The average Bonchev–Trinajstić information content (AvgIpc) is 3.14. The number of nitrogens with zero attached hydrogens (tertiary/aromatic N) is 2. The van der Waals surface area contributed by atoms with E-state index >= 15 is 0 Å². The predicted molar refractivity (Wildman–Crippen MR) is 95.5 cm³/mol. The predicted octanol–water partition coefficient (Wildman–Crippen LogP) is 2.35. The van der Waals surface area contributed by atoms with Crippen LogP contribution in [0.4, 0.5) is 0 Å². The van der Waals surface area contributed by atoms with E-state index in [2.05, 4.69) is 15.0 Å². The fraction of sp³-hybridized carbons (Fsp3) is 0.316. The number of nitrogens with one attached hydrogen (secondary N) is 2. The molecule has 128 valence electrons. The number of aromatic amines is 2. The Morgan fingerprint density at radius 3 is 2.80 bits per heavy atom. The topological polar surface area (TPSA) is 81.8 Å². The Labute approximate surface area is 144 Å². The first-order valence-corrected chi connectivity index (χ1v) is 8.60. The van der Waals surface area contributed by atoms with Crippen LogP contribution in [-0.2, 0) is 6.42 Å². The minimum absolute atomic E-state index is 0.177. The molecule has 6 nitrogen and oxygen atoms in total. The van der Waals surface area contributed by atoms with Crippen molar-refractivity contribution in [2.45, 2.75) is 19.3 Å². The largest absolute Gasteiger partial charge is 0.349 e. The molecule has 0 aliphatic carbocycles. The van der Waals surface area contributed by atoms with Gasteiger partial charge in [-0.1, -0.05) is 18.2 Å². The molecule has 0 bridgehead atoms. The van der Waals surface area contributed by atoms with Gasteiger partial charge in [0.1, 0.15) is 11.4 Å². The number of H-pyrrole nitrogens is 2. The van der Waals surface area contributed by atoms with Crippen molar-refractivity contribution in [1.29, 1.82) is 0 Å². The van der Waals surface area contributed by atoms with E-state index in [1.165, 1.54) is 0 Å². The molecule has 0 spiro atoms. The first-order chi connectivity index (χ1) is 12.2. The van der Waals surface area contributed by atoms with E-state index < -0.39 is 0 Å². The van der Waals surface area contributed by atoms with Gasteiger partial charge in [-0.05, 0) is 36.3 Å². The van der Waals surface area contributed by atoms with Gasteiger partial charge in [0.25, 0.3) is 11.5 Å². The Bertz CT molecular complexity index is 937. The second kappa shape index (κ2) is 6.55. The van der Waals surface area contributed by atoms with E-state index in [9.17, 15) is 9.59 Å². The number of benzene rings is 1. The van der Waals surface area contributed by atoms with E-state index in [1.54, 1.807) is 17.2 Å². The number of pyridine rings is 1. The summed E-state index contributed by atoms with van der Waals surface area (Å²) in [6.45, 7) is 1.35. The number of carbonyl (C=O) groups excluding carboxylic acids is 1. The smallest absolute Gasteiger partial charge is 0.261 e. The SMILES string of the molecule is O=C(c1cc2ccccc2[nH]c1=O)N1CCC(Cc2ncc[nH]2)CC1. The molecule has 1 amide bonds. The van der Waals surface area contributed by atoms with Crippen molar-refractivity contribution in [2.75, 3.05) is 13.1 Å². The Balaban J connectivity index is 1.47. The molecular formula is C19H20N4O2. The van der Waals surface area contributed by atoms with Crippen molar-refractivity contribution in [3.05, 3.63) is 64.5 Å². The molecular weight excluding hydrogens is 316 g/mol. The lowest BCUT2D eigenvalue weighted by atomic mass is 9.93. The summed E-state index contributed by atoms with van der Waals surface area (Å²) in [5.74, 6) is 1.34. The molecule has 1 aromatic carbocycles. The monoisotopic (exact) mass is 336 g/mol. The molecule has 1 aliphatic rings. The molecule has 0 radical (unpaired) electrons.